The average molecular weight is 450 g/mol. The summed E-state index contributed by atoms with van der Waals surface area (Å²) in [6.07, 6.45) is 0. The summed E-state index contributed by atoms with van der Waals surface area (Å²) < 4.78 is 16.1. The molecule has 2 heterocycles. The van der Waals surface area contributed by atoms with Crippen LogP contribution in [0.2, 0.25) is 0 Å². The Morgan fingerprint density at radius 3 is 2.55 bits per heavy atom. The number of aryl methyl sites for hydroxylation is 2. The molecule has 33 heavy (non-hydrogen) atoms. The number of carbonyl (C=O) groups is 1. The van der Waals surface area contributed by atoms with Gasteiger partial charge in [-0.25, -0.2) is 4.39 Å². The maximum absolute atomic E-state index is 14.1. The van der Waals surface area contributed by atoms with E-state index in [-0.39, 0.29) is 17.8 Å². The first-order valence-corrected chi connectivity index (χ1v) is 11.4. The van der Waals surface area contributed by atoms with E-state index in [9.17, 15) is 9.18 Å². The van der Waals surface area contributed by atoms with Crippen molar-refractivity contribution in [2.24, 2.45) is 0 Å². The first-order valence-electron chi connectivity index (χ1n) is 11.4. The summed E-state index contributed by atoms with van der Waals surface area (Å²) in [4.78, 5) is 17.6. The molecule has 1 unspecified atom stereocenters. The number of likely N-dealkylation sites (N-methyl/N-ethyl adjacent to an activating group) is 1. The monoisotopic (exact) mass is 449 g/mol. The van der Waals surface area contributed by atoms with Crippen LogP contribution in [-0.4, -0.2) is 53.8 Å². The smallest absolute Gasteiger partial charge is 0.251 e. The van der Waals surface area contributed by atoms with Gasteiger partial charge in [0.2, 0.25) is 0 Å². The lowest BCUT2D eigenvalue weighted by Crippen LogP contribution is -2.45. The zero-order chi connectivity index (χ0) is 23.5. The summed E-state index contributed by atoms with van der Waals surface area (Å²) in [6, 6.07) is 14.1. The standard InChI is InChI=1S/C26H32FN5O/c1-18-14-19(2)32(29-18)17-21-6-5-7-22(15-21)26(33)28-20(3)24-16-23(27)8-9-25(24)31-12-10-30(4)11-13-31/h5-9,14-16,20H,10-13,17H2,1-4H3,(H,28,33). The second kappa shape index (κ2) is 9.75. The number of hydrogen-bond donors (Lipinski definition) is 1. The van der Waals surface area contributed by atoms with Crippen LogP contribution in [0.4, 0.5) is 10.1 Å². The number of nitrogens with zero attached hydrogens (tertiary/aromatic N) is 4. The molecule has 2 aromatic carbocycles. The van der Waals surface area contributed by atoms with Crippen molar-refractivity contribution >= 4 is 11.6 Å². The van der Waals surface area contributed by atoms with Crippen LogP contribution in [0.1, 0.15) is 45.8 Å². The van der Waals surface area contributed by atoms with Crippen molar-refractivity contribution in [1.82, 2.24) is 20.0 Å². The van der Waals surface area contributed by atoms with E-state index in [4.69, 9.17) is 0 Å². The van der Waals surface area contributed by atoms with E-state index in [1.807, 2.05) is 55.8 Å². The number of aromatic nitrogens is 2. The quantitative estimate of drug-likeness (QED) is 0.620. The molecule has 1 aliphatic rings. The van der Waals surface area contributed by atoms with Gasteiger partial charge in [0.25, 0.3) is 5.91 Å². The predicted molar refractivity (Wildman–Crippen MR) is 129 cm³/mol. The molecule has 0 saturated carbocycles. The maximum Gasteiger partial charge on any atom is 0.251 e. The van der Waals surface area contributed by atoms with Gasteiger partial charge in [0.15, 0.2) is 0 Å². The number of halogens is 1. The topological polar surface area (TPSA) is 53.4 Å². The molecular weight excluding hydrogens is 417 g/mol. The van der Waals surface area contributed by atoms with Crippen molar-refractivity contribution in [3.63, 3.8) is 0 Å². The summed E-state index contributed by atoms with van der Waals surface area (Å²) in [5, 5.41) is 7.58. The Balaban J connectivity index is 1.50. The van der Waals surface area contributed by atoms with E-state index in [0.29, 0.717) is 12.1 Å². The summed E-state index contributed by atoms with van der Waals surface area (Å²) in [5.74, 6) is -0.470. The Kier molecular flexibility index (Phi) is 6.79. The number of piperazine rings is 1. The van der Waals surface area contributed by atoms with Crippen LogP contribution in [0.15, 0.2) is 48.5 Å². The minimum absolute atomic E-state index is 0.175. The molecule has 174 valence electrons. The van der Waals surface area contributed by atoms with Gasteiger partial charge in [-0.05, 0) is 69.8 Å². The van der Waals surface area contributed by atoms with Crippen LogP contribution in [0.5, 0.6) is 0 Å². The van der Waals surface area contributed by atoms with Gasteiger partial charge in [-0.3, -0.25) is 9.48 Å². The Morgan fingerprint density at radius 1 is 1.09 bits per heavy atom. The lowest BCUT2D eigenvalue weighted by Gasteiger charge is -2.36. The van der Waals surface area contributed by atoms with E-state index in [2.05, 4.69) is 27.3 Å². The highest BCUT2D eigenvalue weighted by atomic mass is 19.1. The van der Waals surface area contributed by atoms with Crippen LogP contribution in [-0.2, 0) is 6.54 Å². The third kappa shape index (κ3) is 5.42. The third-order valence-corrected chi connectivity index (χ3v) is 6.27. The zero-order valence-electron chi connectivity index (χ0n) is 19.8. The highest BCUT2D eigenvalue weighted by molar-refractivity contribution is 5.94. The van der Waals surface area contributed by atoms with Crippen molar-refractivity contribution in [1.29, 1.82) is 0 Å². The largest absolute Gasteiger partial charge is 0.369 e. The number of benzene rings is 2. The molecule has 1 fully saturated rings. The Morgan fingerprint density at radius 2 is 1.85 bits per heavy atom. The van der Waals surface area contributed by atoms with Gasteiger partial charge in [-0.15, -0.1) is 0 Å². The second-order valence-electron chi connectivity index (χ2n) is 8.97. The van der Waals surface area contributed by atoms with Gasteiger partial charge in [-0.1, -0.05) is 12.1 Å². The minimum Gasteiger partial charge on any atom is -0.369 e. The van der Waals surface area contributed by atoms with Gasteiger partial charge in [0.05, 0.1) is 18.3 Å². The fourth-order valence-corrected chi connectivity index (χ4v) is 4.38. The fraction of sp³-hybridized carbons (Fsp3) is 0.385. The van der Waals surface area contributed by atoms with Gasteiger partial charge < -0.3 is 15.1 Å². The van der Waals surface area contributed by atoms with Gasteiger partial charge >= 0.3 is 0 Å². The Hall–Kier alpha value is -3.19. The molecule has 0 spiro atoms. The zero-order valence-corrected chi connectivity index (χ0v) is 19.8. The second-order valence-corrected chi connectivity index (χ2v) is 8.97. The van der Waals surface area contributed by atoms with Gasteiger partial charge in [0, 0.05) is 48.7 Å². The number of hydrogen-bond acceptors (Lipinski definition) is 4. The van der Waals surface area contributed by atoms with E-state index < -0.39 is 0 Å². The average Bonchev–Trinajstić information content (AvgIpc) is 3.11. The number of nitrogens with one attached hydrogen (secondary N) is 1. The number of amides is 1. The minimum atomic E-state index is -0.331. The summed E-state index contributed by atoms with van der Waals surface area (Å²) in [5.41, 5.74) is 5.42. The highest BCUT2D eigenvalue weighted by Gasteiger charge is 2.21. The Labute approximate surface area is 195 Å². The molecule has 0 radical (unpaired) electrons. The van der Waals surface area contributed by atoms with Crippen LogP contribution in [0.3, 0.4) is 0 Å². The number of anilines is 1. The van der Waals surface area contributed by atoms with Crippen molar-refractivity contribution in [2.45, 2.75) is 33.4 Å². The lowest BCUT2D eigenvalue weighted by molar-refractivity contribution is 0.0939. The molecule has 1 atom stereocenters. The fourth-order valence-electron chi connectivity index (χ4n) is 4.38. The number of carbonyl (C=O) groups excluding carboxylic acids is 1. The summed E-state index contributed by atoms with van der Waals surface area (Å²) >= 11 is 0. The molecule has 1 amide bonds. The normalized spacial score (nSPS) is 15.5. The maximum atomic E-state index is 14.1. The van der Waals surface area contributed by atoms with E-state index in [0.717, 1.165) is 54.4 Å². The van der Waals surface area contributed by atoms with Crippen molar-refractivity contribution in [2.75, 3.05) is 38.1 Å². The Bertz CT molecular complexity index is 1130. The van der Waals surface area contributed by atoms with Crippen molar-refractivity contribution < 1.29 is 9.18 Å². The van der Waals surface area contributed by atoms with Crippen molar-refractivity contribution in [3.8, 4) is 0 Å². The molecule has 1 N–H and O–H groups in total. The molecule has 7 heteroatoms. The molecule has 3 aromatic rings. The third-order valence-electron chi connectivity index (χ3n) is 6.27. The van der Waals surface area contributed by atoms with Gasteiger partial charge in [0.1, 0.15) is 5.82 Å². The molecular formula is C26H32FN5O. The van der Waals surface area contributed by atoms with Crippen LogP contribution in [0, 0.1) is 19.7 Å². The summed E-state index contributed by atoms with van der Waals surface area (Å²) in [6.45, 7) is 10.2. The van der Waals surface area contributed by atoms with E-state index in [1.54, 1.807) is 6.07 Å². The predicted octanol–water partition coefficient (Wildman–Crippen LogP) is 3.93. The van der Waals surface area contributed by atoms with E-state index >= 15 is 0 Å². The summed E-state index contributed by atoms with van der Waals surface area (Å²) in [7, 11) is 2.11. The van der Waals surface area contributed by atoms with Crippen molar-refractivity contribution in [3.05, 3.63) is 82.4 Å². The molecule has 1 aliphatic heterocycles. The lowest BCUT2D eigenvalue weighted by atomic mass is 10.0. The van der Waals surface area contributed by atoms with Crippen LogP contribution < -0.4 is 10.2 Å². The van der Waals surface area contributed by atoms with Crippen LogP contribution in [0.25, 0.3) is 0 Å². The van der Waals surface area contributed by atoms with Gasteiger partial charge in [-0.2, -0.15) is 5.10 Å². The van der Waals surface area contributed by atoms with Crippen LogP contribution >= 0.6 is 0 Å². The molecule has 1 aromatic heterocycles. The first kappa shape index (κ1) is 23.0. The SMILES string of the molecule is Cc1cc(C)n(Cc2cccc(C(=O)NC(C)c3cc(F)ccc3N3CCN(C)CC3)c2)n1. The van der Waals surface area contributed by atoms with E-state index in [1.165, 1.54) is 12.1 Å². The molecule has 6 nitrogen and oxygen atoms in total. The molecule has 0 bridgehead atoms. The molecule has 1 saturated heterocycles. The number of rotatable bonds is 6. The molecule has 0 aliphatic carbocycles. The highest BCUT2D eigenvalue weighted by Crippen LogP contribution is 2.28. The first-order chi connectivity index (χ1) is 15.8. The molecule has 4 rings (SSSR count).